The summed E-state index contributed by atoms with van der Waals surface area (Å²) in [7, 11) is 1.44. The molecular formula is C10H13N3O4. The van der Waals surface area contributed by atoms with E-state index >= 15 is 0 Å². The number of hydrogen-bond acceptors (Lipinski definition) is 4. The SMILES string of the molecule is CC(CC#N)N(C)C(=O)NC(=O)C=CC(=O)O. The number of carboxylic acid groups (broad SMARTS) is 1. The first kappa shape index (κ1) is 14.6. The van der Waals surface area contributed by atoms with Gasteiger partial charge in [0.25, 0.3) is 5.91 Å². The Morgan fingerprint density at radius 2 is 2.06 bits per heavy atom. The fourth-order valence-corrected chi connectivity index (χ4v) is 0.851. The second kappa shape index (κ2) is 7.00. The molecule has 0 aliphatic rings. The third-order valence-corrected chi connectivity index (χ3v) is 1.98. The Kier molecular flexibility index (Phi) is 6.03. The summed E-state index contributed by atoms with van der Waals surface area (Å²) in [6.45, 7) is 1.65. The van der Waals surface area contributed by atoms with Gasteiger partial charge in [-0.05, 0) is 6.92 Å². The van der Waals surface area contributed by atoms with Gasteiger partial charge < -0.3 is 10.0 Å². The van der Waals surface area contributed by atoms with E-state index in [-0.39, 0.29) is 12.5 Å². The van der Waals surface area contributed by atoms with Crippen molar-refractivity contribution < 1.29 is 19.5 Å². The summed E-state index contributed by atoms with van der Waals surface area (Å²) in [6, 6.07) is 0.874. The third-order valence-electron chi connectivity index (χ3n) is 1.98. The zero-order chi connectivity index (χ0) is 13.4. The van der Waals surface area contributed by atoms with Crippen molar-refractivity contribution in [2.75, 3.05) is 7.05 Å². The summed E-state index contributed by atoms with van der Waals surface area (Å²) in [6.07, 6.45) is 1.51. The smallest absolute Gasteiger partial charge is 0.328 e. The molecule has 0 saturated carbocycles. The highest BCUT2D eigenvalue weighted by Gasteiger charge is 2.16. The van der Waals surface area contributed by atoms with Gasteiger partial charge in [0, 0.05) is 25.2 Å². The Morgan fingerprint density at radius 3 is 2.53 bits per heavy atom. The lowest BCUT2D eigenvalue weighted by atomic mass is 10.2. The van der Waals surface area contributed by atoms with E-state index in [1.165, 1.54) is 11.9 Å². The van der Waals surface area contributed by atoms with E-state index in [1.54, 1.807) is 6.92 Å². The lowest BCUT2D eigenvalue weighted by molar-refractivity contribution is -0.131. The Labute approximate surface area is 98.3 Å². The van der Waals surface area contributed by atoms with Gasteiger partial charge in [-0.2, -0.15) is 5.26 Å². The second-order valence-electron chi connectivity index (χ2n) is 3.29. The quantitative estimate of drug-likeness (QED) is 0.676. The van der Waals surface area contributed by atoms with Gasteiger partial charge in [0.05, 0.1) is 12.5 Å². The van der Waals surface area contributed by atoms with E-state index in [9.17, 15) is 14.4 Å². The van der Waals surface area contributed by atoms with Crippen LogP contribution in [-0.2, 0) is 9.59 Å². The molecule has 7 nitrogen and oxygen atoms in total. The topological polar surface area (TPSA) is 111 Å². The molecule has 0 saturated heterocycles. The number of nitrogens with zero attached hydrogens (tertiary/aromatic N) is 2. The molecular weight excluding hydrogens is 226 g/mol. The van der Waals surface area contributed by atoms with Crippen LogP contribution in [0.4, 0.5) is 4.79 Å². The number of urea groups is 1. The van der Waals surface area contributed by atoms with Crippen LogP contribution in [0.5, 0.6) is 0 Å². The summed E-state index contributed by atoms with van der Waals surface area (Å²) in [5.41, 5.74) is 0. The van der Waals surface area contributed by atoms with E-state index in [4.69, 9.17) is 10.4 Å². The maximum Gasteiger partial charge on any atom is 0.328 e. The number of rotatable bonds is 4. The molecule has 2 N–H and O–H groups in total. The van der Waals surface area contributed by atoms with Crippen molar-refractivity contribution in [1.82, 2.24) is 10.2 Å². The fraction of sp³-hybridized carbons (Fsp3) is 0.400. The average Bonchev–Trinajstić information content (AvgIpc) is 2.25. The Morgan fingerprint density at radius 1 is 1.47 bits per heavy atom. The molecule has 3 amide bonds. The van der Waals surface area contributed by atoms with Crippen LogP contribution in [0.1, 0.15) is 13.3 Å². The van der Waals surface area contributed by atoms with Gasteiger partial charge >= 0.3 is 12.0 Å². The fourth-order valence-electron chi connectivity index (χ4n) is 0.851. The van der Waals surface area contributed by atoms with Crippen LogP contribution in [0, 0.1) is 11.3 Å². The first-order chi connectivity index (χ1) is 7.88. The zero-order valence-corrected chi connectivity index (χ0v) is 9.51. The molecule has 0 aromatic heterocycles. The summed E-state index contributed by atoms with van der Waals surface area (Å²) in [4.78, 5) is 33.8. The minimum absolute atomic E-state index is 0.142. The molecule has 7 heteroatoms. The molecule has 1 unspecified atom stereocenters. The lowest BCUT2D eigenvalue weighted by Gasteiger charge is -2.22. The molecule has 17 heavy (non-hydrogen) atoms. The summed E-state index contributed by atoms with van der Waals surface area (Å²) < 4.78 is 0. The number of amides is 3. The number of hydrogen-bond donors (Lipinski definition) is 2. The van der Waals surface area contributed by atoms with Crippen molar-refractivity contribution in [3.05, 3.63) is 12.2 Å². The van der Waals surface area contributed by atoms with Crippen LogP contribution in [0.3, 0.4) is 0 Å². The maximum atomic E-state index is 11.4. The first-order valence-corrected chi connectivity index (χ1v) is 4.74. The van der Waals surface area contributed by atoms with Gasteiger partial charge in [-0.3, -0.25) is 10.1 Å². The molecule has 0 fully saturated rings. The number of carbonyl (C=O) groups is 3. The molecule has 0 aromatic rings. The van der Waals surface area contributed by atoms with Crippen LogP contribution in [0.2, 0.25) is 0 Å². The number of aliphatic carboxylic acids is 1. The first-order valence-electron chi connectivity index (χ1n) is 4.74. The Hall–Kier alpha value is -2.36. The highest BCUT2D eigenvalue weighted by atomic mass is 16.4. The Balaban J connectivity index is 4.31. The molecule has 92 valence electrons. The van der Waals surface area contributed by atoms with E-state index in [0.29, 0.717) is 6.08 Å². The molecule has 1 atom stereocenters. The number of carbonyl (C=O) groups excluding carboxylic acids is 2. The summed E-state index contributed by atoms with van der Waals surface area (Å²) in [5, 5.41) is 18.7. The molecule has 0 aromatic carbocycles. The van der Waals surface area contributed by atoms with Gasteiger partial charge in [-0.15, -0.1) is 0 Å². The maximum absolute atomic E-state index is 11.4. The molecule has 0 aliphatic heterocycles. The van der Waals surface area contributed by atoms with Crippen molar-refractivity contribution in [2.24, 2.45) is 0 Å². The number of imide groups is 1. The van der Waals surface area contributed by atoms with E-state index in [2.05, 4.69) is 0 Å². The molecule has 0 radical (unpaired) electrons. The predicted octanol–water partition coefficient (Wildman–Crippen LogP) is 0.0974. The molecule has 0 heterocycles. The van der Waals surface area contributed by atoms with Gasteiger partial charge in [0.2, 0.25) is 0 Å². The second-order valence-corrected chi connectivity index (χ2v) is 3.29. The number of nitrogens with one attached hydrogen (secondary N) is 1. The molecule has 0 aliphatic carbocycles. The molecule has 0 bridgehead atoms. The minimum Gasteiger partial charge on any atom is -0.478 e. The monoisotopic (exact) mass is 239 g/mol. The van der Waals surface area contributed by atoms with E-state index in [0.717, 1.165) is 6.08 Å². The summed E-state index contributed by atoms with van der Waals surface area (Å²) >= 11 is 0. The van der Waals surface area contributed by atoms with Crippen molar-refractivity contribution in [3.63, 3.8) is 0 Å². The lowest BCUT2D eigenvalue weighted by Crippen LogP contribution is -2.44. The van der Waals surface area contributed by atoms with Crippen molar-refractivity contribution in [2.45, 2.75) is 19.4 Å². The van der Waals surface area contributed by atoms with Crippen molar-refractivity contribution in [1.29, 1.82) is 5.26 Å². The van der Waals surface area contributed by atoms with Gasteiger partial charge in [-0.1, -0.05) is 0 Å². The minimum atomic E-state index is -1.28. The van der Waals surface area contributed by atoms with Crippen LogP contribution in [0.15, 0.2) is 12.2 Å². The molecule has 0 rings (SSSR count). The van der Waals surface area contributed by atoms with Crippen molar-refractivity contribution >= 4 is 17.9 Å². The van der Waals surface area contributed by atoms with E-state index in [1.807, 2.05) is 11.4 Å². The predicted molar refractivity (Wildman–Crippen MR) is 57.8 cm³/mol. The van der Waals surface area contributed by atoms with Crippen LogP contribution in [0.25, 0.3) is 0 Å². The highest BCUT2D eigenvalue weighted by Crippen LogP contribution is 1.99. The average molecular weight is 239 g/mol. The highest BCUT2D eigenvalue weighted by molar-refractivity contribution is 6.02. The van der Waals surface area contributed by atoms with Gasteiger partial charge in [-0.25, -0.2) is 9.59 Å². The van der Waals surface area contributed by atoms with Crippen LogP contribution in [-0.4, -0.2) is 41.0 Å². The van der Waals surface area contributed by atoms with E-state index < -0.39 is 17.9 Å². The number of nitriles is 1. The van der Waals surface area contributed by atoms with Crippen LogP contribution >= 0.6 is 0 Å². The normalized spacial score (nSPS) is 11.6. The zero-order valence-electron chi connectivity index (χ0n) is 9.51. The Bertz CT molecular complexity index is 384. The van der Waals surface area contributed by atoms with Gasteiger partial charge in [0.15, 0.2) is 0 Å². The summed E-state index contributed by atoms with van der Waals surface area (Å²) in [5.74, 6) is -2.10. The largest absolute Gasteiger partial charge is 0.478 e. The third kappa shape index (κ3) is 5.94. The van der Waals surface area contributed by atoms with Crippen molar-refractivity contribution in [3.8, 4) is 6.07 Å². The molecule has 0 spiro atoms. The van der Waals surface area contributed by atoms with Crippen LogP contribution < -0.4 is 5.32 Å². The van der Waals surface area contributed by atoms with Gasteiger partial charge in [0.1, 0.15) is 0 Å². The standard InChI is InChI=1S/C10H13N3O4/c1-7(5-6-11)13(2)10(17)12-8(14)3-4-9(15)16/h3-4,7H,5H2,1-2H3,(H,15,16)(H,12,14,17). The number of carboxylic acids is 1.